The van der Waals surface area contributed by atoms with Crippen molar-refractivity contribution in [2.75, 3.05) is 17.2 Å². The van der Waals surface area contributed by atoms with Crippen molar-refractivity contribution in [2.45, 2.75) is 25.2 Å². The predicted molar refractivity (Wildman–Crippen MR) is 56.2 cm³/mol. The van der Waals surface area contributed by atoms with E-state index in [0.717, 1.165) is 6.42 Å². The second-order valence-corrected chi connectivity index (χ2v) is 6.50. The van der Waals surface area contributed by atoms with E-state index in [9.17, 15) is 8.42 Å². The van der Waals surface area contributed by atoms with Gasteiger partial charge in [-0.15, -0.1) is 0 Å². The number of rotatable bonds is 1. The molecule has 15 heavy (non-hydrogen) atoms. The van der Waals surface area contributed by atoms with E-state index in [1.807, 2.05) is 6.92 Å². The van der Waals surface area contributed by atoms with Crippen LogP contribution in [0.25, 0.3) is 0 Å². The summed E-state index contributed by atoms with van der Waals surface area (Å²) in [6.07, 6.45) is 2.98. The minimum absolute atomic E-state index is 0.0918. The van der Waals surface area contributed by atoms with E-state index in [4.69, 9.17) is 10.2 Å². The molecule has 5 nitrogen and oxygen atoms in total. The average Bonchev–Trinajstić information content (AvgIpc) is 2.49. The van der Waals surface area contributed by atoms with Gasteiger partial charge in [0.1, 0.15) is 5.76 Å². The molecule has 2 N–H and O–H groups in total. The summed E-state index contributed by atoms with van der Waals surface area (Å²) < 4.78 is 28.3. The van der Waals surface area contributed by atoms with Crippen LogP contribution in [0.5, 0.6) is 0 Å². The van der Waals surface area contributed by atoms with Crippen molar-refractivity contribution in [1.82, 2.24) is 4.98 Å². The summed E-state index contributed by atoms with van der Waals surface area (Å²) in [5.74, 6) is 0.962. The molecule has 0 spiro atoms. The van der Waals surface area contributed by atoms with Gasteiger partial charge in [0.05, 0.1) is 17.7 Å². The topological polar surface area (TPSA) is 86.2 Å². The zero-order valence-corrected chi connectivity index (χ0v) is 9.38. The monoisotopic (exact) mass is 230 g/mol. The summed E-state index contributed by atoms with van der Waals surface area (Å²) in [5, 5.41) is 0. The number of nitrogen functional groups attached to an aromatic ring is 1. The van der Waals surface area contributed by atoms with Crippen LogP contribution in [0.1, 0.15) is 25.5 Å². The molecule has 1 saturated heterocycles. The standard InChI is InChI=1S/C9H14N2O3S/c1-9(7-5-11-8(10)14-7)3-2-4-15(12,13)6-9/h5H,2-4,6H2,1H3,(H2,10,11). The second kappa shape index (κ2) is 3.23. The highest BCUT2D eigenvalue weighted by molar-refractivity contribution is 7.91. The van der Waals surface area contributed by atoms with Gasteiger partial charge in [-0.3, -0.25) is 0 Å². The Hall–Kier alpha value is -1.04. The molecular weight excluding hydrogens is 216 g/mol. The molecule has 1 atom stereocenters. The van der Waals surface area contributed by atoms with Gasteiger partial charge in [-0.2, -0.15) is 0 Å². The van der Waals surface area contributed by atoms with Crippen LogP contribution >= 0.6 is 0 Å². The van der Waals surface area contributed by atoms with E-state index >= 15 is 0 Å². The molecule has 84 valence electrons. The van der Waals surface area contributed by atoms with Crippen LogP contribution in [0.2, 0.25) is 0 Å². The molecule has 0 bridgehead atoms. The van der Waals surface area contributed by atoms with Gasteiger partial charge >= 0.3 is 0 Å². The third kappa shape index (κ3) is 1.99. The molecule has 1 unspecified atom stereocenters. The number of sulfone groups is 1. The van der Waals surface area contributed by atoms with E-state index in [2.05, 4.69) is 4.98 Å². The molecule has 1 aromatic heterocycles. The SMILES string of the molecule is CC1(c2cnc(N)o2)CCCS(=O)(=O)C1. The van der Waals surface area contributed by atoms with E-state index in [1.54, 1.807) is 0 Å². The third-order valence-corrected chi connectivity index (χ3v) is 4.83. The van der Waals surface area contributed by atoms with Crippen LogP contribution in [0, 0.1) is 0 Å². The first-order valence-electron chi connectivity index (χ1n) is 4.84. The summed E-state index contributed by atoms with van der Waals surface area (Å²) in [6.45, 7) is 1.88. The highest BCUT2D eigenvalue weighted by Gasteiger charge is 2.39. The van der Waals surface area contributed by atoms with Crippen molar-refractivity contribution in [1.29, 1.82) is 0 Å². The van der Waals surface area contributed by atoms with Crippen molar-refractivity contribution in [3.63, 3.8) is 0 Å². The first-order valence-corrected chi connectivity index (χ1v) is 6.66. The summed E-state index contributed by atoms with van der Waals surface area (Å²) in [5.41, 5.74) is 4.91. The first-order chi connectivity index (χ1) is 6.91. The fraction of sp³-hybridized carbons (Fsp3) is 0.667. The first kappa shape index (κ1) is 10.5. The Bertz CT molecular complexity index is 465. The lowest BCUT2D eigenvalue weighted by Crippen LogP contribution is -2.37. The number of hydrogen-bond donors (Lipinski definition) is 1. The van der Waals surface area contributed by atoms with Crippen molar-refractivity contribution >= 4 is 15.9 Å². The number of anilines is 1. The third-order valence-electron chi connectivity index (χ3n) is 2.84. The van der Waals surface area contributed by atoms with Crippen LogP contribution in [0.4, 0.5) is 6.01 Å². The molecule has 1 fully saturated rings. The Morgan fingerprint density at radius 1 is 1.60 bits per heavy atom. The molecule has 0 amide bonds. The molecular formula is C9H14N2O3S. The maximum absolute atomic E-state index is 11.6. The average molecular weight is 230 g/mol. The van der Waals surface area contributed by atoms with Crippen LogP contribution in [-0.2, 0) is 15.3 Å². The van der Waals surface area contributed by atoms with Crippen molar-refractivity contribution in [2.24, 2.45) is 0 Å². The lowest BCUT2D eigenvalue weighted by molar-refractivity contribution is 0.358. The van der Waals surface area contributed by atoms with Crippen LogP contribution < -0.4 is 5.73 Å². The van der Waals surface area contributed by atoms with Gasteiger partial charge in [0.2, 0.25) is 0 Å². The fourth-order valence-electron chi connectivity index (χ4n) is 2.07. The maximum atomic E-state index is 11.6. The lowest BCUT2D eigenvalue weighted by Gasteiger charge is -2.30. The van der Waals surface area contributed by atoms with Gasteiger partial charge in [0.15, 0.2) is 9.84 Å². The maximum Gasteiger partial charge on any atom is 0.292 e. The minimum Gasteiger partial charge on any atom is -0.428 e. The number of nitrogens with zero attached hydrogens (tertiary/aromatic N) is 1. The van der Waals surface area contributed by atoms with Gasteiger partial charge in [0.25, 0.3) is 6.01 Å². The second-order valence-electron chi connectivity index (χ2n) is 4.32. The Morgan fingerprint density at radius 2 is 2.33 bits per heavy atom. The van der Waals surface area contributed by atoms with E-state index < -0.39 is 15.3 Å². The fourth-order valence-corrected chi connectivity index (χ4v) is 4.06. The number of nitrogens with two attached hydrogens (primary N) is 1. The molecule has 1 aliphatic rings. The molecule has 0 aliphatic carbocycles. The molecule has 2 heterocycles. The highest BCUT2D eigenvalue weighted by Crippen LogP contribution is 2.35. The molecule has 0 radical (unpaired) electrons. The number of oxazole rings is 1. The summed E-state index contributed by atoms with van der Waals surface area (Å²) in [7, 11) is -2.96. The van der Waals surface area contributed by atoms with Crippen molar-refractivity contribution < 1.29 is 12.8 Å². The predicted octanol–water partition coefficient (Wildman–Crippen LogP) is 0.723. The Morgan fingerprint density at radius 3 is 2.87 bits per heavy atom. The van der Waals surface area contributed by atoms with E-state index in [0.29, 0.717) is 12.2 Å². The van der Waals surface area contributed by atoms with Gasteiger partial charge in [0, 0.05) is 5.41 Å². The number of aromatic nitrogens is 1. The normalized spacial score (nSPS) is 30.2. The van der Waals surface area contributed by atoms with Crippen LogP contribution in [-0.4, -0.2) is 24.9 Å². The molecule has 0 saturated carbocycles. The summed E-state index contributed by atoms with van der Waals surface area (Å²) in [6, 6.07) is 0.0918. The quantitative estimate of drug-likeness (QED) is 0.768. The van der Waals surface area contributed by atoms with Gasteiger partial charge in [-0.25, -0.2) is 13.4 Å². The minimum atomic E-state index is -2.96. The van der Waals surface area contributed by atoms with Crippen LogP contribution in [0.15, 0.2) is 10.6 Å². The molecule has 1 aromatic rings. The Kier molecular flexibility index (Phi) is 2.26. The molecule has 0 aromatic carbocycles. The van der Waals surface area contributed by atoms with Gasteiger partial charge in [-0.05, 0) is 12.8 Å². The summed E-state index contributed by atoms with van der Waals surface area (Å²) in [4.78, 5) is 3.80. The van der Waals surface area contributed by atoms with Crippen molar-refractivity contribution in [3.05, 3.63) is 12.0 Å². The highest BCUT2D eigenvalue weighted by atomic mass is 32.2. The number of hydrogen-bond acceptors (Lipinski definition) is 5. The lowest BCUT2D eigenvalue weighted by atomic mass is 9.85. The Balaban J connectivity index is 2.34. The zero-order valence-electron chi connectivity index (χ0n) is 8.56. The van der Waals surface area contributed by atoms with E-state index in [-0.39, 0.29) is 17.5 Å². The largest absolute Gasteiger partial charge is 0.428 e. The molecule has 6 heteroatoms. The van der Waals surface area contributed by atoms with Gasteiger partial charge in [-0.1, -0.05) is 6.92 Å². The Labute approximate surface area is 88.6 Å². The summed E-state index contributed by atoms with van der Waals surface area (Å²) >= 11 is 0. The smallest absolute Gasteiger partial charge is 0.292 e. The van der Waals surface area contributed by atoms with Crippen molar-refractivity contribution in [3.8, 4) is 0 Å². The van der Waals surface area contributed by atoms with Crippen LogP contribution in [0.3, 0.4) is 0 Å². The van der Waals surface area contributed by atoms with Gasteiger partial charge < -0.3 is 10.2 Å². The zero-order chi connectivity index (χ0) is 11.1. The molecule has 2 rings (SSSR count). The van der Waals surface area contributed by atoms with E-state index in [1.165, 1.54) is 6.20 Å². The molecule has 1 aliphatic heterocycles.